The molecule has 1 N–H and O–H groups in total. The molecule has 0 aromatic carbocycles. The Hall–Kier alpha value is 1.14. The summed E-state index contributed by atoms with van der Waals surface area (Å²) in [4.78, 5) is 0. The third-order valence-corrected chi connectivity index (χ3v) is 2.98. The standard InChI is InChI=1S/C5H9Cl3N2S/c1-11-10-3-2-9-4(10)5(6,7)8/h4,9H,2-3H2,1H3. The minimum absolute atomic E-state index is 0.164. The normalized spacial score (nSPS) is 27.8. The van der Waals surface area contributed by atoms with Gasteiger partial charge < -0.3 is 0 Å². The average Bonchev–Trinajstić information content (AvgIpc) is 2.31. The van der Waals surface area contributed by atoms with E-state index in [0.29, 0.717) is 0 Å². The number of halogens is 3. The molecule has 1 fully saturated rings. The number of hydrogen-bond donors (Lipinski definition) is 1. The van der Waals surface area contributed by atoms with Crippen LogP contribution in [0.1, 0.15) is 0 Å². The van der Waals surface area contributed by atoms with Crippen molar-refractivity contribution in [2.45, 2.75) is 9.96 Å². The lowest BCUT2D eigenvalue weighted by Crippen LogP contribution is -2.42. The summed E-state index contributed by atoms with van der Waals surface area (Å²) in [5, 5.41) is 3.11. The lowest BCUT2D eigenvalue weighted by molar-refractivity contribution is 0.415. The molecule has 0 spiro atoms. The Morgan fingerprint density at radius 3 is 2.55 bits per heavy atom. The van der Waals surface area contributed by atoms with E-state index in [9.17, 15) is 0 Å². The highest BCUT2D eigenvalue weighted by molar-refractivity contribution is 7.96. The van der Waals surface area contributed by atoms with E-state index in [0.717, 1.165) is 13.1 Å². The van der Waals surface area contributed by atoms with Crippen LogP contribution in [0.2, 0.25) is 0 Å². The van der Waals surface area contributed by atoms with Gasteiger partial charge in [-0.25, -0.2) is 4.31 Å². The fourth-order valence-corrected chi connectivity index (χ4v) is 2.49. The van der Waals surface area contributed by atoms with Gasteiger partial charge in [-0.2, -0.15) is 0 Å². The molecule has 0 aromatic rings. The van der Waals surface area contributed by atoms with Crippen molar-refractivity contribution in [1.82, 2.24) is 9.62 Å². The summed E-state index contributed by atoms with van der Waals surface area (Å²) in [6.07, 6.45) is 1.80. The maximum absolute atomic E-state index is 5.73. The average molecular weight is 236 g/mol. The molecule has 0 saturated carbocycles. The second-order valence-corrected chi connectivity index (χ2v) is 5.42. The Balaban J connectivity index is 2.57. The zero-order valence-electron chi connectivity index (χ0n) is 5.98. The van der Waals surface area contributed by atoms with Crippen LogP contribution >= 0.6 is 46.8 Å². The van der Waals surface area contributed by atoms with E-state index in [-0.39, 0.29) is 6.17 Å². The molecule has 1 aliphatic rings. The summed E-state index contributed by atoms with van der Waals surface area (Å²) in [6, 6.07) is 0. The van der Waals surface area contributed by atoms with Gasteiger partial charge in [-0.1, -0.05) is 46.8 Å². The molecule has 1 saturated heterocycles. The quantitative estimate of drug-likeness (QED) is 0.552. The van der Waals surface area contributed by atoms with Crippen LogP contribution in [0.15, 0.2) is 0 Å². The Bertz CT molecular complexity index is 138. The van der Waals surface area contributed by atoms with Crippen molar-refractivity contribution >= 4 is 46.8 Å². The summed E-state index contributed by atoms with van der Waals surface area (Å²) >= 11 is 18.8. The van der Waals surface area contributed by atoms with Crippen LogP contribution in [-0.4, -0.2) is 33.6 Å². The van der Waals surface area contributed by atoms with Gasteiger partial charge in [-0.05, 0) is 6.26 Å². The zero-order chi connectivity index (χ0) is 8.48. The fraction of sp³-hybridized carbons (Fsp3) is 1.00. The van der Waals surface area contributed by atoms with Gasteiger partial charge in [-0.3, -0.25) is 5.32 Å². The topological polar surface area (TPSA) is 15.3 Å². The SMILES string of the molecule is CSN1CCNC1C(Cl)(Cl)Cl. The second kappa shape index (κ2) is 3.90. The number of alkyl halides is 3. The van der Waals surface area contributed by atoms with Crippen LogP contribution in [0.4, 0.5) is 0 Å². The van der Waals surface area contributed by atoms with Crippen LogP contribution < -0.4 is 5.32 Å². The predicted molar refractivity (Wildman–Crippen MR) is 52.3 cm³/mol. The van der Waals surface area contributed by atoms with Gasteiger partial charge in [0.25, 0.3) is 0 Å². The van der Waals surface area contributed by atoms with Gasteiger partial charge in [-0.15, -0.1) is 0 Å². The molecule has 0 aromatic heterocycles. The van der Waals surface area contributed by atoms with Crippen molar-refractivity contribution < 1.29 is 0 Å². The molecule has 1 aliphatic heterocycles. The number of hydrogen-bond acceptors (Lipinski definition) is 3. The number of rotatable bonds is 1. The molecule has 11 heavy (non-hydrogen) atoms. The van der Waals surface area contributed by atoms with Crippen LogP contribution in [-0.2, 0) is 0 Å². The van der Waals surface area contributed by atoms with Gasteiger partial charge in [0.1, 0.15) is 6.17 Å². The first kappa shape index (κ1) is 10.2. The molecule has 1 rings (SSSR count). The fourth-order valence-electron chi connectivity index (χ4n) is 1.02. The highest BCUT2D eigenvalue weighted by Crippen LogP contribution is 2.35. The Kier molecular flexibility index (Phi) is 3.62. The summed E-state index contributed by atoms with van der Waals surface area (Å²) in [6.45, 7) is 1.79. The van der Waals surface area contributed by atoms with Gasteiger partial charge >= 0.3 is 0 Å². The maximum atomic E-state index is 5.73. The Labute approximate surface area is 85.7 Å². The molecule has 1 unspecified atom stereocenters. The minimum atomic E-state index is -1.24. The summed E-state index contributed by atoms with van der Waals surface area (Å²) < 4.78 is 0.784. The van der Waals surface area contributed by atoms with Crippen molar-refractivity contribution in [2.75, 3.05) is 19.3 Å². The van der Waals surface area contributed by atoms with Crippen LogP contribution in [0, 0.1) is 0 Å². The van der Waals surface area contributed by atoms with E-state index in [1.165, 1.54) is 0 Å². The van der Waals surface area contributed by atoms with Crippen molar-refractivity contribution in [2.24, 2.45) is 0 Å². The predicted octanol–water partition coefficient (Wildman–Crippen LogP) is 1.87. The highest BCUT2D eigenvalue weighted by Gasteiger charge is 2.39. The van der Waals surface area contributed by atoms with E-state index < -0.39 is 3.79 Å². The van der Waals surface area contributed by atoms with Gasteiger partial charge in [0.15, 0.2) is 0 Å². The van der Waals surface area contributed by atoms with E-state index in [1.54, 1.807) is 11.9 Å². The van der Waals surface area contributed by atoms with Gasteiger partial charge in [0.2, 0.25) is 3.79 Å². The number of nitrogens with zero attached hydrogens (tertiary/aromatic N) is 1. The molecule has 1 heterocycles. The van der Waals surface area contributed by atoms with E-state index >= 15 is 0 Å². The first-order valence-electron chi connectivity index (χ1n) is 3.16. The summed E-state index contributed by atoms with van der Waals surface area (Å²) in [5.74, 6) is 0. The van der Waals surface area contributed by atoms with Crippen LogP contribution in [0.5, 0.6) is 0 Å². The molecule has 6 heteroatoms. The lowest BCUT2D eigenvalue weighted by atomic mass is 10.6. The third-order valence-electron chi connectivity index (χ3n) is 1.50. The monoisotopic (exact) mass is 234 g/mol. The molecular weight excluding hydrogens is 226 g/mol. The van der Waals surface area contributed by atoms with Crippen LogP contribution in [0.3, 0.4) is 0 Å². The molecule has 0 radical (unpaired) electrons. The van der Waals surface area contributed by atoms with Crippen molar-refractivity contribution in [3.05, 3.63) is 0 Å². The smallest absolute Gasteiger partial charge is 0.219 e. The molecule has 1 atom stereocenters. The lowest BCUT2D eigenvalue weighted by Gasteiger charge is -2.27. The zero-order valence-corrected chi connectivity index (χ0v) is 9.07. The Morgan fingerprint density at radius 1 is 1.55 bits per heavy atom. The molecular formula is C5H9Cl3N2S. The van der Waals surface area contributed by atoms with Crippen LogP contribution in [0.25, 0.3) is 0 Å². The molecule has 0 amide bonds. The second-order valence-electron chi connectivity index (χ2n) is 2.22. The Morgan fingerprint density at radius 2 is 2.18 bits per heavy atom. The van der Waals surface area contributed by atoms with E-state index in [1.807, 2.05) is 10.6 Å². The van der Waals surface area contributed by atoms with Crippen molar-refractivity contribution in [3.63, 3.8) is 0 Å². The highest BCUT2D eigenvalue weighted by atomic mass is 35.6. The molecule has 0 aliphatic carbocycles. The van der Waals surface area contributed by atoms with E-state index in [4.69, 9.17) is 34.8 Å². The first-order chi connectivity index (χ1) is 5.05. The molecule has 2 nitrogen and oxygen atoms in total. The van der Waals surface area contributed by atoms with Gasteiger partial charge in [0.05, 0.1) is 0 Å². The third kappa shape index (κ3) is 2.54. The van der Waals surface area contributed by atoms with Crippen molar-refractivity contribution in [3.8, 4) is 0 Å². The number of nitrogens with one attached hydrogen (secondary N) is 1. The molecule has 66 valence electrons. The maximum Gasteiger partial charge on any atom is 0.219 e. The van der Waals surface area contributed by atoms with Gasteiger partial charge in [0, 0.05) is 13.1 Å². The van der Waals surface area contributed by atoms with E-state index in [2.05, 4.69) is 5.32 Å². The molecule has 0 bridgehead atoms. The summed E-state index contributed by atoms with van der Waals surface area (Å²) in [5.41, 5.74) is 0. The minimum Gasteiger partial charge on any atom is -0.296 e. The summed E-state index contributed by atoms with van der Waals surface area (Å²) in [7, 11) is 0. The van der Waals surface area contributed by atoms with Crippen molar-refractivity contribution in [1.29, 1.82) is 0 Å². The largest absolute Gasteiger partial charge is 0.296 e. The first-order valence-corrected chi connectivity index (χ1v) is 5.48.